The third-order valence-corrected chi connectivity index (χ3v) is 6.38. The van der Waals surface area contributed by atoms with Crippen LogP contribution in [0.1, 0.15) is 39.2 Å². The van der Waals surface area contributed by atoms with Crippen LogP contribution in [0.5, 0.6) is 0 Å². The molecule has 2 aliphatic rings. The fraction of sp³-hybridized carbons (Fsp3) is 0.476. The van der Waals surface area contributed by atoms with E-state index < -0.39 is 11.9 Å². The number of anilines is 1. The smallest absolute Gasteiger partial charge is 0.223 e. The molecule has 1 saturated heterocycles. The second-order valence-electron chi connectivity index (χ2n) is 7.81. The summed E-state index contributed by atoms with van der Waals surface area (Å²) in [5.74, 6) is -0.0556. The van der Waals surface area contributed by atoms with Gasteiger partial charge in [0.2, 0.25) is 5.95 Å². The first-order chi connectivity index (χ1) is 13.8. The van der Waals surface area contributed by atoms with Crippen LogP contribution < -0.4 is 5.32 Å². The van der Waals surface area contributed by atoms with Crippen LogP contribution in [0, 0.1) is 5.82 Å². The van der Waals surface area contributed by atoms with Crippen LogP contribution in [0.4, 0.5) is 16.0 Å². The Morgan fingerprint density at radius 1 is 1.41 bits per heavy atom. The second-order valence-corrected chi connectivity index (χ2v) is 8.22. The number of halogens is 2. The van der Waals surface area contributed by atoms with E-state index >= 15 is 0 Å². The van der Waals surface area contributed by atoms with Crippen LogP contribution in [0.15, 0.2) is 23.3 Å². The molecule has 0 radical (unpaired) electrons. The summed E-state index contributed by atoms with van der Waals surface area (Å²) in [6.45, 7) is 6.89. The number of fused-ring (bicyclic) bond motifs is 1. The zero-order valence-corrected chi connectivity index (χ0v) is 17.4. The lowest BCUT2D eigenvalue weighted by Gasteiger charge is -2.28. The summed E-state index contributed by atoms with van der Waals surface area (Å²) in [6, 6.07) is 3.12. The largest absolute Gasteiger partial charge is 0.389 e. The van der Waals surface area contributed by atoms with Crippen LogP contribution in [0.3, 0.4) is 0 Å². The second kappa shape index (κ2) is 7.63. The van der Waals surface area contributed by atoms with Crippen LogP contribution in [-0.2, 0) is 10.2 Å². The van der Waals surface area contributed by atoms with E-state index in [2.05, 4.69) is 34.1 Å². The molecule has 2 aliphatic heterocycles. The minimum Gasteiger partial charge on any atom is -0.389 e. The van der Waals surface area contributed by atoms with Gasteiger partial charge in [-0.2, -0.15) is 0 Å². The summed E-state index contributed by atoms with van der Waals surface area (Å²) < 4.78 is 20.1. The normalized spacial score (nSPS) is 26.2. The van der Waals surface area contributed by atoms with Gasteiger partial charge in [-0.1, -0.05) is 25.4 Å². The zero-order chi connectivity index (χ0) is 20.8. The average Bonchev–Trinajstić information content (AvgIpc) is 2.97. The number of benzene rings is 1. The molecule has 29 heavy (non-hydrogen) atoms. The highest BCUT2D eigenvalue weighted by atomic mass is 35.5. The molecule has 4 rings (SSSR count). The number of aromatic nitrogens is 2. The van der Waals surface area contributed by atoms with Crippen LogP contribution in [-0.4, -0.2) is 46.1 Å². The van der Waals surface area contributed by atoms with E-state index in [1.807, 2.05) is 13.0 Å². The number of ether oxygens (including phenoxy) is 1. The number of nitrogens with one attached hydrogen (secondary N) is 1. The SMILES string of the molecule is CCC1(C)C(C)=Nc2c(F)cc(-c3nc(NC4CCOCC4O)ncc3Cl)cc21. The van der Waals surface area contributed by atoms with E-state index in [1.54, 1.807) is 0 Å². The molecule has 0 spiro atoms. The number of aliphatic imine (C=N–C) groups is 1. The lowest BCUT2D eigenvalue weighted by molar-refractivity contribution is -0.0136. The van der Waals surface area contributed by atoms with Crippen molar-refractivity contribution in [2.24, 2.45) is 4.99 Å². The van der Waals surface area contributed by atoms with Crippen molar-refractivity contribution in [2.75, 3.05) is 18.5 Å². The third kappa shape index (κ3) is 3.52. The summed E-state index contributed by atoms with van der Waals surface area (Å²) in [4.78, 5) is 13.2. The van der Waals surface area contributed by atoms with E-state index in [-0.39, 0.29) is 18.1 Å². The molecule has 0 amide bonds. The number of hydrogen-bond donors (Lipinski definition) is 2. The molecule has 0 aliphatic carbocycles. The van der Waals surface area contributed by atoms with Gasteiger partial charge < -0.3 is 15.2 Å². The van der Waals surface area contributed by atoms with Gasteiger partial charge in [0.25, 0.3) is 0 Å². The highest BCUT2D eigenvalue weighted by Gasteiger charge is 2.37. The Kier molecular flexibility index (Phi) is 5.31. The summed E-state index contributed by atoms with van der Waals surface area (Å²) in [7, 11) is 0. The van der Waals surface area contributed by atoms with Gasteiger partial charge in [0.05, 0.1) is 35.7 Å². The van der Waals surface area contributed by atoms with Crippen molar-refractivity contribution >= 4 is 28.9 Å². The van der Waals surface area contributed by atoms with Crippen molar-refractivity contribution in [2.45, 2.75) is 51.2 Å². The Hall–Kier alpha value is -2.09. The number of aliphatic hydroxyl groups excluding tert-OH is 1. The maximum absolute atomic E-state index is 14.9. The molecule has 3 atom stereocenters. The summed E-state index contributed by atoms with van der Waals surface area (Å²) >= 11 is 6.37. The molecule has 3 unspecified atom stereocenters. The number of hydrogen-bond acceptors (Lipinski definition) is 6. The van der Waals surface area contributed by atoms with Crippen LogP contribution in [0.25, 0.3) is 11.3 Å². The van der Waals surface area contributed by atoms with E-state index in [1.165, 1.54) is 12.3 Å². The maximum atomic E-state index is 14.9. The summed E-state index contributed by atoms with van der Waals surface area (Å²) in [5.41, 5.74) is 2.83. The predicted octanol–water partition coefficient (Wildman–Crippen LogP) is 4.27. The standard InChI is InChI=1S/C21H24ClFN4O2/c1-4-21(3)11(2)25-19-13(21)7-12(8-15(19)23)18-14(22)9-24-20(27-18)26-16-5-6-29-10-17(16)28/h7-9,16-17,28H,4-6,10H2,1-3H3,(H,24,26,27). The molecule has 3 heterocycles. The molecule has 0 saturated carbocycles. The lowest BCUT2D eigenvalue weighted by Crippen LogP contribution is -2.42. The van der Waals surface area contributed by atoms with E-state index in [0.29, 0.717) is 40.9 Å². The Labute approximate surface area is 174 Å². The van der Waals surface area contributed by atoms with Gasteiger partial charge in [-0.3, -0.25) is 4.99 Å². The molecule has 154 valence electrons. The van der Waals surface area contributed by atoms with Gasteiger partial charge in [-0.05, 0) is 37.5 Å². The molecule has 1 aromatic carbocycles. The van der Waals surface area contributed by atoms with Crippen molar-refractivity contribution in [3.05, 3.63) is 34.7 Å². The molecule has 2 aromatic rings. The molecular formula is C21H24ClFN4O2. The van der Waals surface area contributed by atoms with Crippen molar-refractivity contribution in [3.63, 3.8) is 0 Å². The minimum absolute atomic E-state index is 0.214. The van der Waals surface area contributed by atoms with Crippen molar-refractivity contribution in [1.29, 1.82) is 0 Å². The van der Waals surface area contributed by atoms with Gasteiger partial charge in [-0.15, -0.1) is 0 Å². The minimum atomic E-state index is -0.644. The quantitative estimate of drug-likeness (QED) is 0.775. The summed E-state index contributed by atoms with van der Waals surface area (Å²) in [5, 5.41) is 13.6. The van der Waals surface area contributed by atoms with Crippen molar-refractivity contribution in [1.82, 2.24) is 9.97 Å². The molecule has 2 N–H and O–H groups in total. The highest BCUT2D eigenvalue weighted by Crippen LogP contribution is 2.45. The van der Waals surface area contributed by atoms with Crippen LogP contribution in [0.2, 0.25) is 5.02 Å². The zero-order valence-electron chi connectivity index (χ0n) is 16.7. The molecular weight excluding hydrogens is 395 g/mol. The molecule has 0 bridgehead atoms. The maximum Gasteiger partial charge on any atom is 0.223 e. The third-order valence-electron chi connectivity index (χ3n) is 6.10. The first-order valence-corrected chi connectivity index (χ1v) is 10.2. The number of nitrogens with zero attached hydrogens (tertiary/aromatic N) is 3. The fourth-order valence-electron chi connectivity index (χ4n) is 3.90. The molecule has 1 aromatic heterocycles. The summed E-state index contributed by atoms with van der Waals surface area (Å²) in [6.07, 6.45) is 2.30. The van der Waals surface area contributed by atoms with Gasteiger partial charge in [-0.25, -0.2) is 14.4 Å². The van der Waals surface area contributed by atoms with Gasteiger partial charge in [0.1, 0.15) is 11.5 Å². The first-order valence-electron chi connectivity index (χ1n) is 9.78. The van der Waals surface area contributed by atoms with Gasteiger partial charge in [0, 0.05) is 23.3 Å². The Balaban J connectivity index is 1.72. The Morgan fingerprint density at radius 3 is 2.93 bits per heavy atom. The van der Waals surface area contributed by atoms with Crippen LogP contribution >= 0.6 is 11.6 Å². The lowest BCUT2D eigenvalue weighted by atomic mass is 9.77. The Morgan fingerprint density at radius 2 is 2.21 bits per heavy atom. The first kappa shape index (κ1) is 20.2. The average molecular weight is 419 g/mol. The van der Waals surface area contributed by atoms with Crippen molar-refractivity contribution in [3.8, 4) is 11.3 Å². The molecule has 8 heteroatoms. The van der Waals surface area contributed by atoms with Gasteiger partial charge >= 0.3 is 0 Å². The topological polar surface area (TPSA) is 79.6 Å². The highest BCUT2D eigenvalue weighted by molar-refractivity contribution is 6.32. The van der Waals surface area contributed by atoms with Gasteiger partial charge in [0.15, 0.2) is 0 Å². The number of aliphatic hydroxyl groups is 1. The Bertz CT molecular complexity index is 983. The fourth-order valence-corrected chi connectivity index (χ4v) is 4.10. The monoisotopic (exact) mass is 418 g/mol. The van der Waals surface area contributed by atoms with E-state index in [4.69, 9.17) is 16.3 Å². The molecule has 1 fully saturated rings. The van der Waals surface area contributed by atoms with E-state index in [9.17, 15) is 9.50 Å². The van der Waals surface area contributed by atoms with Crippen molar-refractivity contribution < 1.29 is 14.2 Å². The number of rotatable bonds is 4. The predicted molar refractivity (Wildman–Crippen MR) is 112 cm³/mol. The van der Waals surface area contributed by atoms with E-state index in [0.717, 1.165) is 17.7 Å². The molecule has 6 nitrogen and oxygen atoms in total.